The number of methoxy groups -OCH3 is 1. The lowest BCUT2D eigenvalue weighted by atomic mass is 10.2. The smallest absolute Gasteiger partial charge is 0.184 e. The third kappa shape index (κ3) is 4.30. The summed E-state index contributed by atoms with van der Waals surface area (Å²) in [5, 5.41) is 7.72. The van der Waals surface area contributed by atoms with Crippen LogP contribution in [0.5, 0.6) is 5.75 Å². The zero-order chi connectivity index (χ0) is 18.6. The van der Waals surface area contributed by atoms with E-state index in [1.807, 2.05) is 59.3 Å². The second kappa shape index (κ2) is 8.35. The molecule has 4 nitrogen and oxygen atoms in total. The van der Waals surface area contributed by atoms with Gasteiger partial charge in [-0.25, -0.2) is 9.67 Å². The van der Waals surface area contributed by atoms with Crippen LogP contribution in [-0.4, -0.2) is 21.9 Å². The molecule has 0 unspecified atom stereocenters. The van der Waals surface area contributed by atoms with E-state index in [-0.39, 0.29) is 0 Å². The summed E-state index contributed by atoms with van der Waals surface area (Å²) in [6.07, 6.45) is 0. The summed E-state index contributed by atoms with van der Waals surface area (Å²) in [6.45, 7) is 0. The molecule has 4 aromatic rings. The molecule has 0 radical (unpaired) electrons. The Morgan fingerprint density at radius 2 is 2.00 bits per heavy atom. The highest BCUT2D eigenvalue weighted by molar-refractivity contribution is 8.00. The Hall–Kier alpha value is -2.00. The van der Waals surface area contributed by atoms with E-state index in [1.165, 1.54) is 11.3 Å². The number of aromatic nitrogens is 3. The van der Waals surface area contributed by atoms with Crippen molar-refractivity contribution in [2.24, 2.45) is 0 Å². The molecule has 2 heterocycles. The lowest BCUT2D eigenvalue weighted by molar-refractivity contribution is 0.415. The highest BCUT2D eigenvalue weighted by atomic mass is 32.2. The SMILES string of the molecule is COc1cccc(-c2nc(CSc3nn(-c4ccccc4)c(=S)s3)cs2)c1. The molecule has 0 saturated heterocycles. The molecule has 8 heteroatoms. The number of thioether (sulfide) groups is 1. The van der Waals surface area contributed by atoms with Crippen LogP contribution in [0.3, 0.4) is 0 Å². The van der Waals surface area contributed by atoms with Crippen molar-refractivity contribution in [1.82, 2.24) is 14.8 Å². The highest BCUT2D eigenvalue weighted by Gasteiger charge is 2.10. The van der Waals surface area contributed by atoms with Crippen molar-refractivity contribution in [3.63, 3.8) is 0 Å². The van der Waals surface area contributed by atoms with Crippen LogP contribution in [0.1, 0.15) is 5.69 Å². The van der Waals surface area contributed by atoms with E-state index in [2.05, 4.69) is 10.5 Å². The fourth-order valence-corrected chi connectivity index (χ4v) is 5.63. The van der Waals surface area contributed by atoms with Crippen molar-refractivity contribution in [2.75, 3.05) is 7.11 Å². The monoisotopic (exact) mass is 429 g/mol. The topological polar surface area (TPSA) is 39.9 Å². The van der Waals surface area contributed by atoms with Gasteiger partial charge in [-0.1, -0.05) is 53.4 Å². The summed E-state index contributed by atoms with van der Waals surface area (Å²) in [6, 6.07) is 17.9. The van der Waals surface area contributed by atoms with Crippen LogP contribution in [-0.2, 0) is 5.75 Å². The number of nitrogens with zero attached hydrogens (tertiary/aromatic N) is 3. The van der Waals surface area contributed by atoms with Gasteiger partial charge in [-0.15, -0.1) is 16.4 Å². The summed E-state index contributed by atoms with van der Waals surface area (Å²) in [5.41, 5.74) is 3.09. The predicted octanol–water partition coefficient (Wildman–Crippen LogP) is 6.09. The van der Waals surface area contributed by atoms with Gasteiger partial charge in [0.15, 0.2) is 8.29 Å². The van der Waals surface area contributed by atoms with E-state index in [4.69, 9.17) is 21.9 Å². The van der Waals surface area contributed by atoms with E-state index in [1.54, 1.807) is 30.2 Å². The minimum absolute atomic E-state index is 0.749. The van der Waals surface area contributed by atoms with Crippen LogP contribution >= 0.6 is 46.7 Å². The molecule has 0 atom stereocenters. The Kier molecular flexibility index (Phi) is 5.68. The van der Waals surface area contributed by atoms with Gasteiger partial charge in [0.2, 0.25) is 0 Å². The van der Waals surface area contributed by atoms with Crippen molar-refractivity contribution >= 4 is 46.7 Å². The quantitative estimate of drug-likeness (QED) is 0.274. The predicted molar refractivity (Wildman–Crippen MR) is 116 cm³/mol. The Labute approximate surface area is 174 Å². The molecule has 0 aliphatic heterocycles. The molecule has 2 aromatic carbocycles. The molecular formula is C19H15N3OS4. The van der Waals surface area contributed by atoms with Crippen LogP contribution in [0.25, 0.3) is 16.3 Å². The number of para-hydroxylation sites is 1. The molecule has 2 aromatic heterocycles. The molecule has 0 bridgehead atoms. The van der Waals surface area contributed by atoms with Crippen LogP contribution in [0.2, 0.25) is 0 Å². The summed E-state index contributed by atoms with van der Waals surface area (Å²) in [5.74, 6) is 1.60. The Balaban J connectivity index is 1.47. The molecule has 0 saturated carbocycles. The van der Waals surface area contributed by atoms with Gasteiger partial charge in [0, 0.05) is 16.7 Å². The zero-order valence-electron chi connectivity index (χ0n) is 14.4. The zero-order valence-corrected chi connectivity index (χ0v) is 17.6. The first-order valence-electron chi connectivity index (χ1n) is 8.10. The molecule has 0 amide bonds. The van der Waals surface area contributed by atoms with E-state index in [9.17, 15) is 0 Å². The molecule has 27 heavy (non-hydrogen) atoms. The van der Waals surface area contributed by atoms with Gasteiger partial charge in [0.25, 0.3) is 0 Å². The van der Waals surface area contributed by atoms with E-state index in [0.29, 0.717) is 0 Å². The first-order chi connectivity index (χ1) is 13.2. The molecule has 4 rings (SSSR count). The minimum atomic E-state index is 0.749. The maximum atomic E-state index is 5.46. The first-order valence-corrected chi connectivity index (χ1v) is 11.2. The first kappa shape index (κ1) is 18.4. The van der Waals surface area contributed by atoms with Crippen LogP contribution in [0.4, 0.5) is 0 Å². The molecule has 0 spiro atoms. The second-order valence-corrected chi connectivity index (χ2v) is 9.25. The number of benzene rings is 2. The van der Waals surface area contributed by atoms with Crippen molar-refractivity contribution in [2.45, 2.75) is 10.1 Å². The maximum absolute atomic E-state index is 5.46. The summed E-state index contributed by atoms with van der Waals surface area (Å²) in [7, 11) is 1.67. The van der Waals surface area contributed by atoms with Gasteiger partial charge in [-0.05, 0) is 36.5 Å². The van der Waals surface area contributed by atoms with E-state index in [0.717, 1.165) is 41.7 Å². The lowest BCUT2D eigenvalue weighted by Crippen LogP contribution is -1.95. The van der Waals surface area contributed by atoms with Gasteiger partial charge in [0.1, 0.15) is 10.8 Å². The average molecular weight is 430 g/mol. The van der Waals surface area contributed by atoms with Gasteiger partial charge in [-0.3, -0.25) is 0 Å². The normalized spacial score (nSPS) is 10.9. The summed E-state index contributed by atoms with van der Waals surface area (Å²) in [4.78, 5) is 4.74. The van der Waals surface area contributed by atoms with Crippen molar-refractivity contribution in [3.8, 4) is 22.0 Å². The minimum Gasteiger partial charge on any atom is -0.497 e. The van der Waals surface area contributed by atoms with Crippen molar-refractivity contribution < 1.29 is 4.74 Å². The molecule has 0 fully saturated rings. The second-order valence-electron chi connectivity index (χ2n) is 5.55. The third-order valence-electron chi connectivity index (χ3n) is 3.74. The third-order valence-corrected chi connectivity index (χ3v) is 7.08. The number of thiazole rings is 1. The van der Waals surface area contributed by atoms with E-state index >= 15 is 0 Å². The highest BCUT2D eigenvalue weighted by Crippen LogP contribution is 2.31. The van der Waals surface area contributed by atoms with Gasteiger partial charge in [-0.2, -0.15) is 0 Å². The van der Waals surface area contributed by atoms with Crippen molar-refractivity contribution in [3.05, 3.63) is 69.6 Å². The van der Waals surface area contributed by atoms with Crippen LogP contribution in [0.15, 0.2) is 64.3 Å². The van der Waals surface area contributed by atoms with E-state index < -0.39 is 0 Å². The number of rotatable bonds is 6. The largest absolute Gasteiger partial charge is 0.497 e. The van der Waals surface area contributed by atoms with Crippen molar-refractivity contribution in [1.29, 1.82) is 0 Å². The fourth-order valence-electron chi connectivity index (χ4n) is 2.45. The van der Waals surface area contributed by atoms with Gasteiger partial charge >= 0.3 is 0 Å². The molecule has 0 aliphatic carbocycles. The maximum Gasteiger partial charge on any atom is 0.184 e. The molecular weight excluding hydrogens is 414 g/mol. The molecule has 0 aliphatic rings. The fraction of sp³-hybridized carbons (Fsp3) is 0.105. The summed E-state index contributed by atoms with van der Waals surface area (Å²) >= 11 is 10.3. The van der Waals surface area contributed by atoms with Gasteiger partial charge in [0.05, 0.1) is 18.5 Å². The Morgan fingerprint density at radius 1 is 1.15 bits per heavy atom. The lowest BCUT2D eigenvalue weighted by Gasteiger charge is -2.01. The number of ether oxygens (including phenoxy) is 1. The molecule has 136 valence electrons. The van der Waals surface area contributed by atoms with Gasteiger partial charge < -0.3 is 4.74 Å². The van der Waals surface area contributed by atoms with Crippen LogP contribution in [0, 0.1) is 3.95 Å². The summed E-state index contributed by atoms with van der Waals surface area (Å²) < 4.78 is 8.80. The number of hydrogen-bond acceptors (Lipinski definition) is 7. The molecule has 0 N–H and O–H groups in total. The average Bonchev–Trinajstić information content (AvgIpc) is 3.34. The number of hydrogen-bond donors (Lipinski definition) is 0. The standard InChI is InChI=1S/C19H15N3OS4/c1-23-16-9-5-6-13(10-16)17-20-14(11-25-17)12-26-18-21-22(19(24)27-18)15-7-3-2-4-8-15/h2-11H,12H2,1H3. The Bertz CT molecular complexity index is 1100. The Morgan fingerprint density at radius 3 is 2.81 bits per heavy atom. The van der Waals surface area contributed by atoms with Crippen LogP contribution < -0.4 is 4.74 Å².